The Kier molecular flexibility index (Phi) is 3.30. The van der Waals surface area contributed by atoms with Gasteiger partial charge in [0.1, 0.15) is 0 Å². The van der Waals surface area contributed by atoms with Gasteiger partial charge in [0.15, 0.2) is 0 Å². The van der Waals surface area contributed by atoms with E-state index in [1.807, 2.05) is 20.8 Å². The summed E-state index contributed by atoms with van der Waals surface area (Å²) in [6.07, 6.45) is 1.99. The van der Waals surface area contributed by atoms with Crippen LogP contribution < -0.4 is 0 Å². The summed E-state index contributed by atoms with van der Waals surface area (Å²) in [6.45, 7) is 9.50. The van der Waals surface area contributed by atoms with Gasteiger partial charge in [-0.2, -0.15) is 0 Å². The van der Waals surface area contributed by atoms with Gasteiger partial charge >= 0.3 is 5.97 Å². The van der Waals surface area contributed by atoms with Crippen molar-refractivity contribution < 1.29 is 9.90 Å². The second-order valence-corrected chi connectivity index (χ2v) is 3.58. The minimum atomic E-state index is -0.747. The van der Waals surface area contributed by atoms with Crippen molar-refractivity contribution in [1.29, 1.82) is 0 Å². The minimum Gasteiger partial charge on any atom is -0.481 e. The lowest BCUT2D eigenvalue weighted by atomic mass is 9.77. The summed E-state index contributed by atoms with van der Waals surface area (Å²) >= 11 is 0. The molecule has 0 fully saturated rings. The van der Waals surface area contributed by atoms with E-state index in [9.17, 15) is 4.79 Å². The molecule has 2 heteroatoms. The lowest BCUT2D eigenvalue weighted by molar-refractivity contribution is -0.139. The summed E-state index contributed by atoms with van der Waals surface area (Å²) in [4.78, 5) is 10.4. The van der Waals surface area contributed by atoms with E-state index in [2.05, 4.69) is 6.58 Å². The third-order valence-corrected chi connectivity index (χ3v) is 2.19. The van der Waals surface area contributed by atoms with Crippen LogP contribution in [-0.4, -0.2) is 11.1 Å². The van der Waals surface area contributed by atoms with Crippen molar-refractivity contribution >= 4 is 5.97 Å². The predicted molar refractivity (Wildman–Crippen MR) is 45.4 cm³/mol. The van der Waals surface area contributed by atoms with E-state index in [-0.39, 0.29) is 17.8 Å². The molecule has 64 valence electrons. The molecule has 0 aromatic carbocycles. The average Bonchev–Trinajstić information content (AvgIpc) is 1.83. The molecule has 0 saturated carbocycles. The Labute approximate surface area is 67.9 Å². The maximum absolute atomic E-state index is 10.4. The number of hydrogen-bond acceptors (Lipinski definition) is 1. The molecule has 0 heterocycles. The van der Waals surface area contributed by atoms with E-state index < -0.39 is 5.97 Å². The van der Waals surface area contributed by atoms with E-state index in [1.165, 1.54) is 0 Å². The Morgan fingerprint density at radius 1 is 1.73 bits per heavy atom. The lowest BCUT2D eigenvalue weighted by Gasteiger charge is -2.27. The smallest absolute Gasteiger partial charge is 0.303 e. The SMILES string of the molecule is C=CC(C)C(C)(C)CC(=O)O. The van der Waals surface area contributed by atoms with Crippen molar-refractivity contribution in [3.05, 3.63) is 12.7 Å². The van der Waals surface area contributed by atoms with E-state index in [0.717, 1.165) is 0 Å². The molecule has 0 rings (SSSR count). The molecule has 2 nitrogen and oxygen atoms in total. The number of hydrogen-bond donors (Lipinski definition) is 1. The van der Waals surface area contributed by atoms with Crippen molar-refractivity contribution in [3.8, 4) is 0 Å². The number of allylic oxidation sites excluding steroid dienone is 1. The molecule has 0 radical (unpaired) electrons. The van der Waals surface area contributed by atoms with Gasteiger partial charge in [-0.3, -0.25) is 4.79 Å². The summed E-state index contributed by atoms with van der Waals surface area (Å²) < 4.78 is 0. The molecular weight excluding hydrogens is 140 g/mol. The molecule has 0 spiro atoms. The van der Waals surface area contributed by atoms with Crippen LogP contribution in [0.1, 0.15) is 27.2 Å². The van der Waals surface area contributed by atoms with Crippen molar-refractivity contribution in [3.63, 3.8) is 0 Å². The molecule has 1 N–H and O–H groups in total. The molecule has 1 atom stereocenters. The third kappa shape index (κ3) is 3.21. The Morgan fingerprint density at radius 2 is 2.18 bits per heavy atom. The van der Waals surface area contributed by atoms with Crippen LogP contribution in [0.5, 0.6) is 0 Å². The van der Waals surface area contributed by atoms with Gasteiger partial charge in [0, 0.05) is 0 Å². The van der Waals surface area contributed by atoms with Gasteiger partial charge in [0.25, 0.3) is 0 Å². The van der Waals surface area contributed by atoms with Crippen LogP contribution in [0, 0.1) is 11.3 Å². The summed E-state index contributed by atoms with van der Waals surface area (Å²) in [5, 5.41) is 8.56. The zero-order valence-electron chi connectivity index (χ0n) is 7.42. The maximum atomic E-state index is 10.4. The molecule has 11 heavy (non-hydrogen) atoms. The molecule has 0 bridgehead atoms. The fourth-order valence-electron chi connectivity index (χ4n) is 0.870. The number of carbonyl (C=O) groups is 1. The van der Waals surface area contributed by atoms with Gasteiger partial charge < -0.3 is 5.11 Å². The average molecular weight is 156 g/mol. The van der Waals surface area contributed by atoms with Crippen LogP contribution in [-0.2, 0) is 4.79 Å². The number of carboxylic acids is 1. The highest BCUT2D eigenvalue weighted by molar-refractivity contribution is 5.67. The third-order valence-electron chi connectivity index (χ3n) is 2.19. The minimum absolute atomic E-state index is 0.187. The molecule has 0 aliphatic heterocycles. The van der Waals surface area contributed by atoms with Crippen LogP contribution in [0.2, 0.25) is 0 Å². The topological polar surface area (TPSA) is 37.3 Å². The molecule has 0 aliphatic rings. The summed E-state index contributed by atoms with van der Waals surface area (Å²) in [7, 11) is 0. The Hall–Kier alpha value is -0.790. The fourth-order valence-corrected chi connectivity index (χ4v) is 0.870. The van der Waals surface area contributed by atoms with Crippen molar-refractivity contribution in [1.82, 2.24) is 0 Å². The van der Waals surface area contributed by atoms with Crippen LogP contribution in [0.3, 0.4) is 0 Å². The highest BCUT2D eigenvalue weighted by Gasteiger charge is 2.26. The number of aliphatic carboxylic acids is 1. The van der Waals surface area contributed by atoms with E-state index in [1.54, 1.807) is 6.08 Å². The fraction of sp³-hybridized carbons (Fsp3) is 0.667. The van der Waals surface area contributed by atoms with Gasteiger partial charge in [-0.05, 0) is 11.3 Å². The zero-order valence-corrected chi connectivity index (χ0v) is 7.42. The van der Waals surface area contributed by atoms with Gasteiger partial charge in [-0.15, -0.1) is 6.58 Å². The normalized spacial score (nSPS) is 14.1. The zero-order chi connectivity index (χ0) is 9.07. The highest BCUT2D eigenvalue weighted by Crippen LogP contribution is 2.30. The lowest BCUT2D eigenvalue weighted by Crippen LogP contribution is -2.23. The van der Waals surface area contributed by atoms with Crippen LogP contribution in [0.4, 0.5) is 0 Å². The van der Waals surface area contributed by atoms with E-state index >= 15 is 0 Å². The predicted octanol–water partition coefficient (Wildman–Crippen LogP) is 2.31. The quantitative estimate of drug-likeness (QED) is 0.634. The first-order valence-electron chi connectivity index (χ1n) is 3.74. The van der Waals surface area contributed by atoms with E-state index in [4.69, 9.17) is 5.11 Å². The molecular formula is C9H16O2. The molecule has 0 aromatic rings. The van der Waals surface area contributed by atoms with Gasteiger partial charge in [0.05, 0.1) is 6.42 Å². The van der Waals surface area contributed by atoms with Gasteiger partial charge in [-0.25, -0.2) is 0 Å². The standard InChI is InChI=1S/C9H16O2/c1-5-7(2)9(3,4)6-8(10)11/h5,7H,1,6H2,2-4H3,(H,10,11). The van der Waals surface area contributed by atoms with E-state index in [0.29, 0.717) is 0 Å². The van der Waals surface area contributed by atoms with Crippen LogP contribution in [0.25, 0.3) is 0 Å². The highest BCUT2D eigenvalue weighted by atomic mass is 16.4. The van der Waals surface area contributed by atoms with Gasteiger partial charge in [0.2, 0.25) is 0 Å². The van der Waals surface area contributed by atoms with Gasteiger partial charge in [-0.1, -0.05) is 26.8 Å². The number of rotatable bonds is 4. The molecule has 1 unspecified atom stereocenters. The first-order chi connectivity index (χ1) is 4.90. The van der Waals surface area contributed by atoms with Crippen molar-refractivity contribution in [2.75, 3.05) is 0 Å². The second kappa shape index (κ2) is 3.56. The van der Waals surface area contributed by atoms with Crippen LogP contribution >= 0.6 is 0 Å². The molecule has 0 saturated heterocycles. The molecule has 0 aliphatic carbocycles. The Bertz CT molecular complexity index is 159. The van der Waals surface area contributed by atoms with Crippen molar-refractivity contribution in [2.45, 2.75) is 27.2 Å². The molecule has 0 amide bonds. The Balaban J connectivity index is 4.19. The van der Waals surface area contributed by atoms with Crippen LogP contribution in [0.15, 0.2) is 12.7 Å². The monoisotopic (exact) mass is 156 g/mol. The molecule has 0 aromatic heterocycles. The first-order valence-corrected chi connectivity index (χ1v) is 3.74. The first kappa shape index (κ1) is 10.2. The number of carboxylic acid groups (broad SMARTS) is 1. The largest absolute Gasteiger partial charge is 0.481 e. The summed E-state index contributed by atoms with van der Waals surface area (Å²) in [5.41, 5.74) is -0.187. The summed E-state index contributed by atoms with van der Waals surface area (Å²) in [5.74, 6) is -0.512. The van der Waals surface area contributed by atoms with Crippen molar-refractivity contribution in [2.24, 2.45) is 11.3 Å². The summed E-state index contributed by atoms with van der Waals surface area (Å²) in [6, 6.07) is 0. The maximum Gasteiger partial charge on any atom is 0.303 e. The second-order valence-electron chi connectivity index (χ2n) is 3.58. The Morgan fingerprint density at radius 3 is 2.45 bits per heavy atom.